The van der Waals surface area contributed by atoms with Crippen molar-refractivity contribution in [2.24, 2.45) is 5.73 Å². The highest BCUT2D eigenvalue weighted by Crippen LogP contribution is 2.33. The number of morpholine rings is 1. The number of primary amides is 1. The third-order valence-corrected chi connectivity index (χ3v) is 6.48. The summed E-state index contributed by atoms with van der Waals surface area (Å²) in [6.07, 6.45) is 2.76. The number of nitrogens with two attached hydrogens (primary N) is 1. The minimum Gasteiger partial charge on any atom is -0.462 e. The number of pyridine rings is 1. The zero-order valence-corrected chi connectivity index (χ0v) is 22.0. The molecule has 5 rings (SSSR count). The molecule has 1 aliphatic rings. The number of benzene rings is 2. The predicted octanol–water partition coefficient (Wildman–Crippen LogP) is 2.89. The molecule has 1 atom stereocenters. The zero-order valence-electron chi connectivity index (χ0n) is 22.0. The molecule has 1 fully saturated rings. The van der Waals surface area contributed by atoms with Crippen molar-refractivity contribution in [3.8, 4) is 5.75 Å². The number of imidazole rings is 1. The molecule has 2 aromatic heterocycles. The number of nitrogens with zero attached hydrogens (tertiary/aromatic N) is 4. The number of anilines is 1. The Hall–Kier alpha value is -4.90. The number of hydrogen-bond acceptors (Lipinski definition) is 6. The van der Waals surface area contributed by atoms with E-state index >= 15 is 0 Å². The number of aromatic nitrogens is 2. The number of carbonyl (C=O) groups excluding carboxylic acids is 3. The molecule has 0 bridgehead atoms. The van der Waals surface area contributed by atoms with E-state index in [1.54, 1.807) is 35.2 Å². The molecule has 4 aromatic rings. The number of urea groups is 1. The van der Waals surface area contributed by atoms with Crippen molar-refractivity contribution >= 4 is 29.2 Å². The van der Waals surface area contributed by atoms with E-state index in [-0.39, 0.29) is 12.5 Å². The largest absolute Gasteiger partial charge is 0.462 e. The van der Waals surface area contributed by atoms with Crippen LogP contribution in [0.5, 0.6) is 5.75 Å². The van der Waals surface area contributed by atoms with Crippen LogP contribution < -0.4 is 20.7 Å². The number of amides is 4. The summed E-state index contributed by atoms with van der Waals surface area (Å²) in [6, 6.07) is 18.8. The van der Waals surface area contributed by atoms with E-state index < -0.39 is 18.2 Å². The Bertz CT molecular complexity index is 1520. The van der Waals surface area contributed by atoms with Crippen molar-refractivity contribution in [3.63, 3.8) is 0 Å². The van der Waals surface area contributed by atoms with E-state index in [9.17, 15) is 14.4 Å². The van der Waals surface area contributed by atoms with E-state index in [2.05, 4.69) is 10.3 Å². The topological polar surface area (TPSA) is 132 Å². The molecular weight excluding hydrogens is 512 g/mol. The van der Waals surface area contributed by atoms with Gasteiger partial charge in [0.2, 0.25) is 12.1 Å². The maximum absolute atomic E-state index is 13.7. The molecule has 2 aromatic carbocycles. The van der Waals surface area contributed by atoms with Crippen LogP contribution in [0.4, 0.5) is 10.5 Å². The van der Waals surface area contributed by atoms with Gasteiger partial charge in [-0.2, -0.15) is 0 Å². The van der Waals surface area contributed by atoms with Crippen LogP contribution in [0.1, 0.15) is 27.8 Å². The minimum absolute atomic E-state index is 0.164. The van der Waals surface area contributed by atoms with E-state index in [0.29, 0.717) is 54.5 Å². The SMILES string of the molecule is Cc1cn2cccc(OC(c3ccccc3)N(C(=O)CNC(N)=O)c3cccc(C(=O)N4CCOCC4)c3)c2n1. The molecule has 1 unspecified atom stereocenters. The first-order chi connectivity index (χ1) is 19.4. The van der Waals surface area contributed by atoms with Crippen LogP contribution >= 0.6 is 0 Å². The van der Waals surface area contributed by atoms with Crippen molar-refractivity contribution in [2.75, 3.05) is 37.7 Å². The van der Waals surface area contributed by atoms with Gasteiger partial charge in [0.25, 0.3) is 5.91 Å². The highest BCUT2D eigenvalue weighted by Gasteiger charge is 2.30. The number of nitrogens with one attached hydrogen (secondary N) is 1. The Balaban J connectivity index is 1.59. The lowest BCUT2D eigenvalue weighted by Crippen LogP contribution is -2.45. The second kappa shape index (κ2) is 11.9. The van der Waals surface area contributed by atoms with Gasteiger partial charge in [0, 0.05) is 42.3 Å². The zero-order chi connectivity index (χ0) is 28.1. The van der Waals surface area contributed by atoms with Crippen LogP contribution in [0.2, 0.25) is 0 Å². The van der Waals surface area contributed by atoms with Gasteiger partial charge >= 0.3 is 6.03 Å². The van der Waals surface area contributed by atoms with Crippen LogP contribution in [-0.4, -0.2) is 65.0 Å². The lowest BCUT2D eigenvalue weighted by Gasteiger charge is -2.33. The number of rotatable bonds is 8. The van der Waals surface area contributed by atoms with Crippen LogP contribution in [0.15, 0.2) is 79.1 Å². The number of carbonyl (C=O) groups is 3. The van der Waals surface area contributed by atoms with Gasteiger partial charge in [0.05, 0.1) is 25.5 Å². The normalized spacial score (nSPS) is 14.0. The van der Waals surface area contributed by atoms with E-state index in [1.807, 2.05) is 60.1 Å². The molecule has 0 aliphatic carbocycles. The van der Waals surface area contributed by atoms with Crippen LogP contribution in [0.25, 0.3) is 5.65 Å². The lowest BCUT2D eigenvalue weighted by atomic mass is 10.1. The summed E-state index contributed by atoms with van der Waals surface area (Å²) in [5.41, 5.74) is 8.17. The summed E-state index contributed by atoms with van der Waals surface area (Å²) in [4.78, 5) is 46.3. The monoisotopic (exact) mass is 542 g/mol. The molecule has 11 heteroatoms. The molecule has 4 amide bonds. The molecule has 0 spiro atoms. The molecule has 11 nitrogen and oxygen atoms in total. The molecular formula is C29H30N6O5. The fourth-order valence-corrected chi connectivity index (χ4v) is 4.61. The third-order valence-electron chi connectivity index (χ3n) is 6.48. The molecule has 1 saturated heterocycles. The standard InChI is InChI=1S/C29H30N6O5/c1-20-19-34-12-6-11-24(26(34)32-20)40-28(21-7-3-2-4-8-21)35(25(36)18-31-29(30)38)23-10-5-9-22(17-23)27(37)33-13-15-39-16-14-33/h2-12,17,19,28H,13-16,18H2,1H3,(H3,30,31,38). The smallest absolute Gasteiger partial charge is 0.312 e. The van der Waals surface area contributed by atoms with E-state index in [0.717, 1.165) is 5.69 Å². The van der Waals surface area contributed by atoms with E-state index in [4.69, 9.17) is 15.2 Å². The first-order valence-corrected chi connectivity index (χ1v) is 12.9. The first kappa shape index (κ1) is 26.7. The maximum Gasteiger partial charge on any atom is 0.312 e. The van der Waals surface area contributed by atoms with Gasteiger partial charge in [0.15, 0.2) is 11.4 Å². The van der Waals surface area contributed by atoms with Crippen molar-refractivity contribution < 1.29 is 23.9 Å². The Morgan fingerprint density at radius 3 is 2.60 bits per heavy atom. The molecule has 206 valence electrons. The van der Waals surface area contributed by atoms with Gasteiger partial charge in [0.1, 0.15) is 0 Å². The number of ether oxygens (including phenoxy) is 2. The van der Waals surface area contributed by atoms with Crippen LogP contribution in [-0.2, 0) is 9.53 Å². The van der Waals surface area contributed by atoms with Crippen LogP contribution in [0.3, 0.4) is 0 Å². The van der Waals surface area contributed by atoms with Crippen molar-refractivity contribution in [3.05, 3.63) is 95.9 Å². The predicted molar refractivity (Wildman–Crippen MR) is 148 cm³/mol. The molecule has 40 heavy (non-hydrogen) atoms. The molecule has 3 N–H and O–H groups in total. The molecule has 1 aliphatic heterocycles. The molecule has 0 radical (unpaired) electrons. The Morgan fingerprint density at radius 1 is 1.07 bits per heavy atom. The fraction of sp³-hybridized carbons (Fsp3) is 0.241. The quantitative estimate of drug-likeness (QED) is 0.329. The average Bonchev–Trinajstić information content (AvgIpc) is 3.37. The van der Waals surface area contributed by atoms with E-state index in [1.165, 1.54) is 4.90 Å². The van der Waals surface area contributed by atoms with Gasteiger partial charge in [-0.1, -0.05) is 36.4 Å². The second-order valence-electron chi connectivity index (χ2n) is 9.30. The molecule has 0 saturated carbocycles. The Kier molecular flexibility index (Phi) is 7.92. The van der Waals surface area contributed by atoms with Gasteiger partial charge < -0.3 is 29.8 Å². The van der Waals surface area contributed by atoms with Gasteiger partial charge in [-0.15, -0.1) is 0 Å². The summed E-state index contributed by atoms with van der Waals surface area (Å²) < 4.78 is 13.8. The minimum atomic E-state index is -0.972. The number of aryl methyl sites for hydroxylation is 1. The first-order valence-electron chi connectivity index (χ1n) is 12.9. The average molecular weight is 543 g/mol. The summed E-state index contributed by atoms with van der Waals surface area (Å²) in [7, 11) is 0. The maximum atomic E-state index is 13.7. The van der Waals surface area contributed by atoms with Gasteiger partial charge in [-0.05, 0) is 37.3 Å². The Morgan fingerprint density at radius 2 is 1.85 bits per heavy atom. The van der Waals surface area contributed by atoms with Crippen molar-refractivity contribution in [2.45, 2.75) is 13.2 Å². The fourth-order valence-electron chi connectivity index (χ4n) is 4.61. The van der Waals surface area contributed by atoms with Gasteiger partial charge in [-0.25, -0.2) is 9.78 Å². The van der Waals surface area contributed by atoms with Crippen molar-refractivity contribution in [1.82, 2.24) is 19.6 Å². The summed E-state index contributed by atoms with van der Waals surface area (Å²) >= 11 is 0. The summed E-state index contributed by atoms with van der Waals surface area (Å²) in [5, 5.41) is 2.37. The highest BCUT2D eigenvalue weighted by molar-refractivity contribution is 6.00. The number of hydrogen-bond donors (Lipinski definition) is 2. The summed E-state index contributed by atoms with van der Waals surface area (Å²) in [6.45, 7) is 3.41. The number of fused-ring (bicyclic) bond motifs is 1. The highest BCUT2D eigenvalue weighted by atomic mass is 16.5. The molecule has 3 heterocycles. The lowest BCUT2D eigenvalue weighted by molar-refractivity contribution is -0.119. The third kappa shape index (κ3) is 5.89. The summed E-state index contributed by atoms with van der Waals surface area (Å²) in [5.74, 6) is -0.205. The van der Waals surface area contributed by atoms with Gasteiger partial charge in [-0.3, -0.25) is 14.5 Å². The van der Waals surface area contributed by atoms with Crippen molar-refractivity contribution in [1.29, 1.82) is 0 Å². The Labute approximate surface area is 231 Å². The second-order valence-corrected chi connectivity index (χ2v) is 9.30. The van der Waals surface area contributed by atoms with Crippen LogP contribution in [0, 0.1) is 6.92 Å².